The summed E-state index contributed by atoms with van der Waals surface area (Å²) >= 11 is 0. The Bertz CT molecular complexity index is 501. The monoisotopic (exact) mass is 262 g/mol. The van der Waals surface area contributed by atoms with Crippen molar-refractivity contribution < 1.29 is 18.9 Å². The molecule has 0 saturated heterocycles. The fourth-order valence-electron chi connectivity index (χ4n) is 1.31. The average molecular weight is 262 g/mol. The van der Waals surface area contributed by atoms with Gasteiger partial charge in [0.15, 0.2) is 12.4 Å². The summed E-state index contributed by atoms with van der Waals surface area (Å²) in [5, 5.41) is 0. The second kappa shape index (κ2) is 5.78. The van der Waals surface area contributed by atoms with E-state index in [0.29, 0.717) is 11.3 Å². The van der Waals surface area contributed by atoms with Crippen molar-refractivity contribution in [1.29, 1.82) is 0 Å². The fourth-order valence-corrected chi connectivity index (χ4v) is 1.31. The lowest BCUT2D eigenvalue weighted by atomic mass is 9.89. The third-order valence-electron chi connectivity index (χ3n) is 3.06. The van der Waals surface area contributed by atoms with Crippen LogP contribution in [0.25, 0.3) is 0 Å². The van der Waals surface area contributed by atoms with Crippen LogP contribution in [0.5, 0.6) is 5.75 Å². The van der Waals surface area contributed by atoms with Crippen LogP contribution in [0, 0.1) is 5.41 Å². The summed E-state index contributed by atoms with van der Waals surface area (Å²) in [4.78, 5) is 23.5. The second-order valence-corrected chi connectivity index (χ2v) is 5.15. The highest BCUT2D eigenvalue weighted by Crippen LogP contribution is 2.19. The molecule has 0 bridgehead atoms. The average Bonchev–Trinajstić information content (AvgIpc) is 2.38. The van der Waals surface area contributed by atoms with E-state index in [-0.39, 0.29) is 5.91 Å². The number of hydrogen-bond donors (Lipinski definition) is 0. The third kappa shape index (κ3) is 3.74. The van der Waals surface area contributed by atoms with Crippen LogP contribution in [0.2, 0.25) is 0 Å². The van der Waals surface area contributed by atoms with Gasteiger partial charge in [-0.15, -0.1) is 4.57 Å². The number of pyridine rings is 1. The largest absolute Gasteiger partial charge is 0.423 e. The Morgan fingerprint density at radius 3 is 2.26 bits per heavy atom. The van der Waals surface area contributed by atoms with E-state index in [1.54, 1.807) is 31.5 Å². The van der Waals surface area contributed by atoms with Gasteiger partial charge in [-0.05, 0) is 27.2 Å². The van der Waals surface area contributed by atoms with Crippen LogP contribution in [0.1, 0.15) is 38.9 Å². The molecule has 0 aliphatic carbocycles. The first-order chi connectivity index (χ1) is 8.77. The molecule has 4 heteroatoms. The van der Waals surface area contributed by atoms with E-state index in [0.717, 1.165) is 6.42 Å². The number of ether oxygens (including phenoxy) is 1. The molecule has 0 amide bonds. The van der Waals surface area contributed by atoms with Crippen molar-refractivity contribution in [3.05, 3.63) is 36.7 Å². The zero-order chi connectivity index (χ0) is 14.6. The predicted molar refractivity (Wildman–Crippen MR) is 71.8 cm³/mol. The zero-order valence-corrected chi connectivity index (χ0v) is 11.9. The standard InChI is InChI=1S/C15H20NO3/c1-6-15(4,5)14(18)16-9-7-12(8-10-16)19-13(17)11(2)3/h7-10H,2,6H2,1,3-5H3/q+1. The van der Waals surface area contributed by atoms with Crippen molar-refractivity contribution in [2.45, 2.75) is 34.1 Å². The van der Waals surface area contributed by atoms with Gasteiger partial charge in [0, 0.05) is 17.7 Å². The summed E-state index contributed by atoms with van der Waals surface area (Å²) in [5.41, 5.74) is -0.0828. The predicted octanol–water partition coefficient (Wildman–Crippen LogP) is 2.53. The van der Waals surface area contributed by atoms with Crippen LogP contribution in [0.15, 0.2) is 36.7 Å². The Morgan fingerprint density at radius 1 is 1.32 bits per heavy atom. The maximum atomic E-state index is 12.2. The number of carbonyl (C=O) groups is 2. The number of nitrogens with zero attached hydrogens (tertiary/aromatic N) is 1. The van der Waals surface area contributed by atoms with Crippen LogP contribution in [0.4, 0.5) is 0 Å². The van der Waals surface area contributed by atoms with Crippen molar-refractivity contribution in [3.8, 4) is 5.75 Å². The van der Waals surface area contributed by atoms with Gasteiger partial charge in [0.05, 0.1) is 5.41 Å². The summed E-state index contributed by atoms with van der Waals surface area (Å²) in [7, 11) is 0. The first-order valence-corrected chi connectivity index (χ1v) is 6.21. The Hall–Kier alpha value is -1.97. The molecule has 0 atom stereocenters. The van der Waals surface area contributed by atoms with Gasteiger partial charge in [-0.1, -0.05) is 13.5 Å². The first kappa shape index (κ1) is 15.1. The topological polar surface area (TPSA) is 47.2 Å². The minimum Gasteiger partial charge on any atom is -0.423 e. The van der Waals surface area contributed by atoms with Gasteiger partial charge in [-0.2, -0.15) is 0 Å². The third-order valence-corrected chi connectivity index (χ3v) is 3.06. The van der Waals surface area contributed by atoms with Crippen molar-refractivity contribution in [1.82, 2.24) is 0 Å². The van der Waals surface area contributed by atoms with Crippen molar-refractivity contribution in [2.24, 2.45) is 5.41 Å². The highest BCUT2D eigenvalue weighted by atomic mass is 16.5. The van der Waals surface area contributed by atoms with E-state index in [4.69, 9.17) is 4.74 Å². The molecule has 1 aromatic heterocycles. The number of carbonyl (C=O) groups excluding carboxylic acids is 2. The Morgan fingerprint density at radius 2 is 1.84 bits per heavy atom. The fraction of sp³-hybridized carbons (Fsp3) is 0.400. The summed E-state index contributed by atoms with van der Waals surface area (Å²) in [6.07, 6.45) is 3.95. The van der Waals surface area contributed by atoms with Crippen LogP contribution in [-0.4, -0.2) is 11.9 Å². The van der Waals surface area contributed by atoms with Crippen molar-refractivity contribution in [2.75, 3.05) is 0 Å². The maximum Gasteiger partial charge on any atom is 0.397 e. The molecule has 0 radical (unpaired) electrons. The number of esters is 1. The van der Waals surface area contributed by atoms with E-state index in [1.807, 2.05) is 20.8 Å². The molecule has 1 heterocycles. The zero-order valence-electron chi connectivity index (χ0n) is 11.9. The molecule has 1 rings (SSSR count). The van der Waals surface area contributed by atoms with Crippen LogP contribution in [-0.2, 0) is 4.79 Å². The molecule has 0 saturated carbocycles. The van der Waals surface area contributed by atoms with Crippen molar-refractivity contribution >= 4 is 11.9 Å². The number of aromatic nitrogens is 1. The molecule has 0 aromatic carbocycles. The first-order valence-electron chi connectivity index (χ1n) is 6.21. The van der Waals surface area contributed by atoms with Crippen LogP contribution < -0.4 is 9.30 Å². The molecule has 4 nitrogen and oxygen atoms in total. The van der Waals surface area contributed by atoms with Gasteiger partial charge in [-0.25, -0.2) is 9.59 Å². The smallest absolute Gasteiger partial charge is 0.397 e. The molecular formula is C15H20NO3+. The maximum absolute atomic E-state index is 12.2. The molecule has 19 heavy (non-hydrogen) atoms. The summed E-state index contributed by atoms with van der Waals surface area (Å²) in [5.74, 6) is -0.0721. The Labute approximate surface area is 113 Å². The molecule has 0 N–H and O–H groups in total. The Kier molecular flexibility index (Phi) is 4.59. The van der Waals surface area contributed by atoms with E-state index >= 15 is 0 Å². The lowest BCUT2D eigenvalue weighted by molar-refractivity contribution is -0.580. The van der Waals surface area contributed by atoms with Gasteiger partial charge in [0.1, 0.15) is 5.75 Å². The molecule has 102 valence electrons. The van der Waals surface area contributed by atoms with Gasteiger partial charge < -0.3 is 4.74 Å². The molecular weight excluding hydrogens is 242 g/mol. The molecule has 0 aliphatic heterocycles. The van der Waals surface area contributed by atoms with Gasteiger partial charge >= 0.3 is 11.9 Å². The minimum atomic E-state index is -0.474. The molecule has 0 aliphatic rings. The van der Waals surface area contributed by atoms with Crippen LogP contribution >= 0.6 is 0 Å². The summed E-state index contributed by atoms with van der Waals surface area (Å²) in [6, 6.07) is 3.18. The SMILES string of the molecule is C=C(C)C(=O)Oc1cc[n+](C(=O)C(C)(C)CC)cc1. The summed E-state index contributed by atoms with van der Waals surface area (Å²) in [6.45, 7) is 10.9. The van der Waals surface area contributed by atoms with E-state index in [2.05, 4.69) is 6.58 Å². The van der Waals surface area contributed by atoms with E-state index < -0.39 is 11.4 Å². The minimum absolute atomic E-state index is 0.00720. The number of rotatable bonds is 4. The van der Waals surface area contributed by atoms with Gasteiger partial charge in [0.2, 0.25) is 0 Å². The van der Waals surface area contributed by atoms with Crippen LogP contribution in [0.3, 0.4) is 0 Å². The highest BCUT2D eigenvalue weighted by molar-refractivity contribution is 5.88. The van der Waals surface area contributed by atoms with Crippen molar-refractivity contribution in [3.63, 3.8) is 0 Å². The molecule has 0 spiro atoms. The number of hydrogen-bond acceptors (Lipinski definition) is 3. The lowest BCUT2D eigenvalue weighted by Crippen LogP contribution is -2.49. The quantitative estimate of drug-likeness (QED) is 0.476. The molecule has 0 fully saturated rings. The molecule has 0 unspecified atom stereocenters. The lowest BCUT2D eigenvalue weighted by Gasteiger charge is -2.14. The highest BCUT2D eigenvalue weighted by Gasteiger charge is 2.33. The summed E-state index contributed by atoms with van der Waals surface area (Å²) < 4.78 is 6.56. The second-order valence-electron chi connectivity index (χ2n) is 5.15. The van der Waals surface area contributed by atoms with E-state index in [1.165, 1.54) is 4.57 Å². The van der Waals surface area contributed by atoms with Gasteiger partial charge in [0.25, 0.3) is 0 Å². The normalized spacial score (nSPS) is 10.9. The van der Waals surface area contributed by atoms with E-state index in [9.17, 15) is 9.59 Å². The van der Waals surface area contributed by atoms with Gasteiger partial charge in [-0.3, -0.25) is 0 Å². The molecule has 1 aromatic rings. The Balaban J connectivity index is 2.85.